The van der Waals surface area contributed by atoms with Crippen molar-refractivity contribution in [2.45, 2.75) is 37.1 Å². The molecule has 4 rings (SSSR count). The fourth-order valence-corrected chi connectivity index (χ4v) is 5.64. The van der Waals surface area contributed by atoms with Crippen LogP contribution in [-0.2, 0) is 16.6 Å². The highest BCUT2D eigenvalue weighted by Crippen LogP contribution is 2.29. The molecule has 164 valence electrons. The van der Waals surface area contributed by atoms with E-state index in [-0.39, 0.29) is 10.6 Å². The lowest BCUT2D eigenvalue weighted by atomic mass is 9.82. The van der Waals surface area contributed by atoms with Crippen molar-refractivity contribution in [3.8, 4) is 0 Å². The van der Waals surface area contributed by atoms with Crippen LogP contribution >= 0.6 is 0 Å². The molecule has 3 aromatic rings. The largest absolute Gasteiger partial charge is 0.398 e. The maximum atomic E-state index is 12.5. The molecule has 1 aromatic heterocycles. The molecule has 0 spiro atoms. The Bertz CT molecular complexity index is 1120. The van der Waals surface area contributed by atoms with Crippen molar-refractivity contribution in [3.05, 3.63) is 66.4 Å². The van der Waals surface area contributed by atoms with Crippen molar-refractivity contribution in [1.82, 2.24) is 15.0 Å². The Hall–Kier alpha value is -2.48. The number of nitrogens with two attached hydrogens (primary N) is 1. The van der Waals surface area contributed by atoms with E-state index in [2.05, 4.69) is 33.2 Å². The smallest absolute Gasteiger partial charge is 0.242 e. The molecule has 1 aliphatic rings. The number of pyridine rings is 1. The van der Waals surface area contributed by atoms with Gasteiger partial charge in [0.15, 0.2) is 0 Å². The topological polar surface area (TPSA) is 97.1 Å². The van der Waals surface area contributed by atoms with Crippen LogP contribution in [0.25, 0.3) is 10.9 Å². The van der Waals surface area contributed by atoms with E-state index < -0.39 is 10.0 Å². The molecule has 1 saturated carbocycles. The summed E-state index contributed by atoms with van der Waals surface area (Å²) in [7, 11) is -3.56. The fraction of sp³-hybridized carbons (Fsp3) is 0.375. The zero-order chi connectivity index (χ0) is 21.7. The molecule has 1 heterocycles. The van der Waals surface area contributed by atoms with Crippen molar-refractivity contribution in [3.63, 3.8) is 0 Å². The molecule has 0 saturated heterocycles. The molecular weight excluding hydrogens is 408 g/mol. The van der Waals surface area contributed by atoms with E-state index in [1.165, 1.54) is 10.9 Å². The van der Waals surface area contributed by atoms with Crippen LogP contribution in [0.1, 0.15) is 31.2 Å². The van der Waals surface area contributed by atoms with Crippen LogP contribution in [0.15, 0.2) is 65.7 Å². The van der Waals surface area contributed by atoms with Crippen LogP contribution < -0.4 is 15.8 Å². The van der Waals surface area contributed by atoms with Gasteiger partial charge in [-0.1, -0.05) is 30.3 Å². The number of sulfonamides is 1. The number of hydrogen-bond acceptors (Lipinski definition) is 5. The summed E-state index contributed by atoms with van der Waals surface area (Å²) in [6.07, 6.45) is 6.18. The maximum Gasteiger partial charge on any atom is 0.242 e. The van der Waals surface area contributed by atoms with Crippen molar-refractivity contribution in [2.24, 2.45) is 11.8 Å². The average molecular weight is 439 g/mol. The summed E-state index contributed by atoms with van der Waals surface area (Å²) < 4.78 is 27.8. The molecular formula is C24H30N4O2S. The van der Waals surface area contributed by atoms with Gasteiger partial charge in [0.05, 0.1) is 11.2 Å². The van der Waals surface area contributed by atoms with Crippen LogP contribution in [0.2, 0.25) is 0 Å². The minimum Gasteiger partial charge on any atom is -0.398 e. The Morgan fingerprint density at radius 1 is 0.903 bits per heavy atom. The highest BCUT2D eigenvalue weighted by Gasteiger charge is 2.24. The van der Waals surface area contributed by atoms with Crippen LogP contribution in [0, 0.1) is 11.8 Å². The lowest BCUT2D eigenvalue weighted by Crippen LogP contribution is -2.33. The third-order valence-electron chi connectivity index (χ3n) is 6.22. The third kappa shape index (κ3) is 5.42. The Balaban J connectivity index is 1.22. The lowest BCUT2D eigenvalue weighted by Gasteiger charge is -2.29. The van der Waals surface area contributed by atoms with E-state index in [1.807, 2.05) is 18.3 Å². The number of hydrogen-bond donors (Lipinski definition) is 3. The number of para-hydroxylation sites is 2. The number of nitrogens with one attached hydrogen (secondary N) is 2. The van der Waals surface area contributed by atoms with Crippen molar-refractivity contribution in [2.75, 3.05) is 18.8 Å². The molecule has 0 unspecified atom stereocenters. The first-order valence-corrected chi connectivity index (χ1v) is 12.4. The molecule has 31 heavy (non-hydrogen) atoms. The highest BCUT2D eigenvalue weighted by molar-refractivity contribution is 7.89. The van der Waals surface area contributed by atoms with Gasteiger partial charge in [0.25, 0.3) is 0 Å². The van der Waals surface area contributed by atoms with Gasteiger partial charge >= 0.3 is 0 Å². The second-order valence-corrected chi connectivity index (χ2v) is 10.1. The molecule has 2 aromatic carbocycles. The molecule has 0 radical (unpaired) electrons. The quantitative estimate of drug-likeness (QED) is 0.466. The van der Waals surface area contributed by atoms with Crippen molar-refractivity contribution in [1.29, 1.82) is 0 Å². The Kier molecular flexibility index (Phi) is 6.85. The summed E-state index contributed by atoms with van der Waals surface area (Å²) in [4.78, 5) is 4.59. The molecule has 6 nitrogen and oxygen atoms in total. The summed E-state index contributed by atoms with van der Waals surface area (Å²) in [5.41, 5.74) is 8.41. The van der Waals surface area contributed by atoms with Crippen molar-refractivity contribution >= 4 is 26.6 Å². The molecule has 1 fully saturated rings. The van der Waals surface area contributed by atoms with Gasteiger partial charge < -0.3 is 11.1 Å². The standard InChI is InChI=1S/C24H30N4O2S/c25-22-6-2-4-8-24(22)31(29,30)28-16-19-11-9-18(10-12-19)15-26-17-20-13-14-27-23-7-3-1-5-21(20)23/h1-8,13-14,18-19,26,28H,9-12,15-17,25H2. The van der Waals surface area contributed by atoms with Crippen LogP contribution in [0.5, 0.6) is 0 Å². The van der Waals surface area contributed by atoms with Crippen LogP contribution in [-0.4, -0.2) is 26.5 Å². The van der Waals surface area contributed by atoms with E-state index in [9.17, 15) is 8.42 Å². The monoisotopic (exact) mass is 438 g/mol. The number of aromatic nitrogens is 1. The number of fused-ring (bicyclic) bond motifs is 1. The first kappa shape index (κ1) is 21.7. The summed E-state index contributed by atoms with van der Waals surface area (Å²) >= 11 is 0. The summed E-state index contributed by atoms with van der Waals surface area (Å²) in [6.45, 7) is 2.29. The molecule has 0 bridgehead atoms. The van der Waals surface area contributed by atoms with Crippen molar-refractivity contribution < 1.29 is 8.42 Å². The maximum absolute atomic E-state index is 12.5. The zero-order valence-corrected chi connectivity index (χ0v) is 18.4. The van der Waals surface area contributed by atoms with Gasteiger partial charge in [-0.3, -0.25) is 4.98 Å². The first-order valence-electron chi connectivity index (χ1n) is 10.9. The van der Waals surface area contributed by atoms with E-state index in [0.717, 1.165) is 44.3 Å². The molecule has 4 N–H and O–H groups in total. The molecule has 0 aliphatic heterocycles. The van der Waals surface area contributed by atoms with Gasteiger partial charge in [-0.15, -0.1) is 0 Å². The summed E-state index contributed by atoms with van der Waals surface area (Å²) in [5.74, 6) is 1.01. The van der Waals surface area contributed by atoms with Crippen LogP contribution in [0.3, 0.4) is 0 Å². The summed E-state index contributed by atoms with van der Waals surface area (Å²) in [5, 5.41) is 4.81. The number of benzene rings is 2. The normalized spacial score (nSPS) is 19.5. The Labute approximate surface area is 184 Å². The predicted octanol–water partition coefficient (Wildman–Crippen LogP) is 3.69. The SMILES string of the molecule is Nc1ccccc1S(=O)(=O)NCC1CCC(CNCc2ccnc3ccccc23)CC1. The third-order valence-corrected chi connectivity index (χ3v) is 7.72. The number of nitrogens with zero attached hydrogens (tertiary/aromatic N) is 1. The second-order valence-electron chi connectivity index (χ2n) is 8.39. The zero-order valence-electron chi connectivity index (χ0n) is 17.6. The summed E-state index contributed by atoms with van der Waals surface area (Å²) in [6, 6.07) is 16.9. The average Bonchev–Trinajstić information content (AvgIpc) is 2.79. The van der Waals surface area contributed by atoms with Gasteiger partial charge in [0.2, 0.25) is 10.0 Å². The molecule has 1 aliphatic carbocycles. The Morgan fingerprint density at radius 2 is 1.58 bits per heavy atom. The van der Waals surface area contributed by atoms with Gasteiger partial charge in [0.1, 0.15) is 4.90 Å². The van der Waals surface area contributed by atoms with E-state index in [0.29, 0.717) is 18.4 Å². The van der Waals surface area contributed by atoms with Gasteiger partial charge in [-0.25, -0.2) is 13.1 Å². The highest BCUT2D eigenvalue weighted by atomic mass is 32.2. The molecule has 7 heteroatoms. The van der Waals surface area contributed by atoms with Gasteiger partial charge in [0, 0.05) is 24.7 Å². The number of rotatable bonds is 8. The van der Waals surface area contributed by atoms with Gasteiger partial charge in [-0.05, 0) is 73.9 Å². The first-order chi connectivity index (χ1) is 15.0. The number of nitrogen functional groups attached to an aromatic ring is 1. The van der Waals surface area contributed by atoms with Gasteiger partial charge in [-0.2, -0.15) is 0 Å². The fourth-order valence-electron chi connectivity index (χ4n) is 4.39. The van der Waals surface area contributed by atoms with E-state index in [4.69, 9.17) is 5.73 Å². The van der Waals surface area contributed by atoms with Crippen LogP contribution in [0.4, 0.5) is 5.69 Å². The van der Waals surface area contributed by atoms with E-state index >= 15 is 0 Å². The number of anilines is 1. The predicted molar refractivity (Wildman–Crippen MR) is 125 cm³/mol. The minimum absolute atomic E-state index is 0.163. The Morgan fingerprint density at radius 3 is 2.35 bits per heavy atom. The second kappa shape index (κ2) is 9.77. The lowest BCUT2D eigenvalue weighted by molar-refractivity contribution is 0.268. The molecule has 0 atom stereocenters. The van der Waals surface area contributed by atoms with E-state index in [1.54, 1.807) is 24.3 Å². The minimum atomic E-state index is -3.56. The molecule has 0 amide bonds.